The Balaban J connectivity index is 3.20. The van der Waals surface area contributed by atoms with Gasteiger partial charge in [-0.1, -0.05) is 11.6 Å². The fraction of sp³-hybridized carbons (Fsp3) is 0.250. The van der Waals surface area contributed by atoms with E-state index in [2.05, 4.69) is 0 Å². The Hall–Kier alpha value is -0.870. The summed E-state index contributed by atoms with van der Waals surface area (Å²) >= 11 is 5.49. The van der Waals surface area contributed by atoms with Gasteiger partial charge in [-0.25, -0.2) is 8.78 Å². The van der Waals surface area contributed by atoms with Crippen LogP contribution in [0.25, 0.3) is 0 Å². The number of alkyl halides is 1. The molecule has 0 aromatic heterocycles. The third kappa shape index (κ3) is 2.08. The van der Waals surface area contributed by atoms with Crippen LogP contribution < -0.4 is 5.73 Å². The maximum Gasteiger partial charge on any atom is 0.166 e. The molecular weight excluding hydrogens is 200 g/mol. The van der Waals surface area contributed by atoms with E-state index in [0.29, 0.717) is 0 Å². The number of phenolic OH excluding ortho intramolecular Hbond substituents is 1. The Bertz CT molecular complexity index is 319. The second kappa shape index (κ2) is 3.89. The van der Waals surface area contributed by atoms with Crippen molar-refractivity contribution in [1.82, 2.24) is 0 Å². The number of nitrogens with two attached hydrogens (primary N) is 1. The fourth-order valence-corrected chi connectivity index (χ4v) is 1.16. The molecule has 1 rings (SSSR count). The molecule has 1 aromatic carbocycles. The normalized spacial score (nSPS) is 12.9. The molecule has 72 valence electrons. The lowest BCUT2D eigenvalue weighted by molar-refractivity contribution is 0.396. The van der Waals surface area contributed by atoms with Gasteiger partial charge in [0.2, 0.25) is 0 Å². The topological polar surface area (TPSA) is 46.2 Å². The van der Waals surface area contributed by atoms with Crippen molar-refractivity contribution >= 4 is 11.6 Å². The highest BCUT2D eigenvalue weighted by molar-refractivity contribution is 6.30. The number of hydrogen-bond donors (Lipinski definition) is 2. The van der Waals surface area contributed by atoms with Crippen LogP contribution >= 0.6 is 11.6 Å². The third-order valence-corrected chi connectivity index (χ3v) is 1.84. The van der Waals surface area contributed by atoms with Crippen molar-refractivity contribution in [1.29, 1.82) is 0 Å². The van der Waals surface area contributed by atoms with Crippen LogP contribution in [-0.4, -0.2) is 11.8 Å². The molecule has 0 spiro atoms. The predicted molar refractivity (Wildman–Crippen MR) is 46.0 cm³/mol. The van der Waals surface area contributed by atoms with Crippen LogP contribution in [0.2, 0.25) is 5.02 Å². The Morgan fingerprint density at radius 3 is 2.69 bits per heavy atom. The van der Waals surface area contributed by atoms with E-state index in [0.717, 1.165) is 6.07 Å². The SMILES string of the molecule is N[C@H](CF)c1cc(Cl)cc(F)c1O. The van der Waals surface area contributed by atoms with Crippen molar-refractivity contribution in [3.05, 3.63) is 28.5 Å². The Morgan fingerprint density at radius 1 is 1.54 bits per heavy atom. The summed E-state index contributed by atoms with van der Waals surface area (Å²) in [5, 5.41) is 9.22. The molecule has 2 nitrogen and oxygen atoms in total. The van der Waals surface area contributed by atoms with Crippen LogP contribution in [0.4, 0.5) is 8.78 Å². The molecule has 0 fully saturated rings. The summed E-state index contributed by atoms with van der Waals surface area (Å²) in [5.41, 5.74) is 5.25. The Kier molecular flexibility index (Phi) is 3.06. The van der Waals surface area contributed by atoms with Gasteiger partial charge in [0.05, 0.1) is 6.04 Å². The first-order valence-electron chi connectivity index (χ1n) is 3.55. The van der Waals surface area contributed by atoms with Crippen molar-refractivity contribution in [3.8, 4) is 5.75 Å². The lowest BCUT2D eigenvalue weighted by Crippen LogP contribution is -2.12. The molecule has 0 aliphatic heterocycles. The van der Waals surface area contributed by atoms with E-state index in [-0.39, 0.29) is 10.6 Å². The summed E-state index contributed by atoms with van der Waals surface area (Å²) < 4.78 is 24.9. The van der Waals surface area contributed by atoms with Gasteiger partial charge >= 0.3 is 0 Å². The van der Waals surface area contributed by atoms with Gasteiger partial charge < -0.3 is 10.8 Å². The number of phenols is 1. The quantitative estimate of drug-likeness (QED) is 0.781. The fourth-order valence-electron chi connectivity index (χ4n) is 0.952. The largest absolute Gasteiger partial charge is 0.505 e. The van der Waals surface area contributed by atoms with Crippen LogP contribution in [0.15, 0.2) is 12.1 Å². The molecule has 1 aromatic rings. The molecule has 0 amide bonds. The number of halogens is 3. The van der Waals surface area contributed by atoms with E-state index >= 15 is 0 Å². The van der Waals surface area contributed by atoms with Gasteiger partial charge in [0.15, 0.2) is 11.6 Å². The van der Waals surface area contributed by atoms with Crippen LogP contribution in [-0.2, 0) is 0 Å². The average molecular weight is 208 g/mol. The minimum Gasteiger partial charge on any atom is -0.505 e. The van der Waals surface area contributed by atoms with Gasteiger partial charge in [-0.3, -0.25) is 0 Å². The highest BCUT2D eigenvalue weighted by Gasteiger charge is 2.15. The number of hydrogen-bond acceptors (Lipinski definition) is 2. The van der Waals surface area contributed by atoms with Crippen LogP contribution in [0.1, 0.15) is 11.6 Å². The van der Waals surface area contributed by atoms with Crippen molar-refractivity contribution in [2.75, 3.05) is 6.67 Å². The van der Waals surface area contributed by atoms with Gasteiger partial charge in [0, 0.05) is 10.6 Å². The monoisotopic (exact) mass is 207 g/mol. The van der Waals surface area contributed by atoms with E-state index in [9.17, 15) is 8.78 Å². The van der Waals surface area contributed by atoms with Gasteiger partial charge in [-0.2, -0.15) is 0 Å². The first-order chi connectivity index (χ1) is 6.06. The van der Waals surface area contributed by atoms with Gasteiger partial charge in [0.25, 0.3) is 0 Å². The summed E-state index contributed by atoms with van der Waals surface area (Å²) in [5.74, 6) is -1.54. The zero-order chi connectivity index (χ0) is 10.0. The molecule has 5 heteroatoms. The first-order valence-corrected chi connectivity index (χ1v) is 3.93. The molecule has 3 N–H and O–H groups in total. The molecule has 0 saturated carbocycles. The standard InChI is InChI=1S/C8H8ClF2NO/c9-4-1-5(7(12)3-10)8(13)6(11)2-4/h1-2,7,13H,3,12H2/t7-/m1/s1. The van der Waals surface area contributed by atoms with Crippen molar-refractivity contribution in [2.45, 2.75) is 6.04 Å². The number of benzene rings is 1. The van der Waals surface area contributed by atoms with E-state index < -0.39 is 24.3 Å². The molecule has 0 heterocycles. The van der Waals surface area contributed by atoms with Crippen LogP contribution in [0.5, 0.6) is 5.75 Å². The predicted octanol–water partition coefficient (Wildman–Crippen LogP) is 2.15. The second-order valence-corrected chi connectivity index (χ2v) is 3.02. The average Bonchev–Trinajstić information content (AvgIpc) is 2.10. The van der Waals surface area contributed by atoms with Crippen LogP contribution in [0.3, 0.4) is 0 Å². The Labute approximate surface area is 78.9 Å². The summed E-state index contributed by atoms with van der Waals surface area (Å²) in [4.78, 5) is 0. The minimum atomic E-state index is -1.05. The van der Waals surface area contributed by atoms with Crippen LogP contribution in [0, 0.1) is 5.82 Å². The smallest absolute Gasteiger partial charge is 0.166 e. The maximum absolute atomic E-state index is 12.8. The molecule has 0 aliphatic rings. The van der Waals surface area contributed by atoms with E-state index in [1.54, 1.807) is 0 Å². The molecule has 0 radical (unpaired) electrons. The van der Waals surface area contributed by atoms with Crippen molar-refractivity contribution in [2.24, 2.45) is 5.73 Å². The van der Waals surface area contributed by atoms with Crippen molar-refractivity contribution in [3.63, 3.8) is 0 Å². The highest BCUT2D eigenvalue weighted by Crippen LogP contribution is 2.29. The maximum atomic E-state index is 12.8. The first kappa shape index (κ1) is 10.2. The Morgan fingerprint density at radius 2 is 2.15 bits per heavy atom. The molecule has 0 unspecified atom stereocenters. The molecule has 0 saturated heterocycles. The second-order valence-electron chi connectivity index (χ2n) is 2.59. The zero-order valence-corrected chi connectivity index (χ0v) is 7.35. The summed E-state index contributed by atoms with van der Waals surface area (Å²) in [7, 11) is 0. The van der Waals surface area contributed by atoms with Gasteiger partial charge in [0.1, 0.15) is 6.67 Å². The summed E-state index contributed by atoms with van der Waals surface area (Å²) in [6.45, 7) is -0.882. The molecule has 13 heavy (non-hydrogen) atoms. The van der Waals surface area contributed by atoms with E-state index in [1.807, 2.05) is 0 Å². The summed E-state index contributed by atoms with van der Waals surface area (Å²) in [6.07, 6.45) is 0. The lowest BCUT2D eigenvalue weighted by Gasteiger charge is -2.10. The molecular formula is C8H8ClF2NO. The molecule has 0 bridgehead atoms. The van der Waals surface area contributed by atoms with Gasteiger partial charge in [-0.05, 0) is 12.1 Å². The molecule has 0 aliphatic carbocycles. The zero-order valence-electron chi connectivity index (χ0n) is 6.60. The number of aromatic hydroxyl groups is 1. The summed E-state index contributed by atoms with van der Waals surface area (Å²) in [6, 6.07) is 1.13. The van der Waals surface area contributed by atoms with Gasteiger partial charge in [-0.15, -0.1) is 0 Å². The number of rotatable bonds is 2. The van der Waals surface area contributed by atoms with Crippen molar-refractivity contribution < 1.29 is 13.9 Å². The van der Waals surface area contributed by atoms with E-state index in [1.165, 1.54) is 6.07 Å². The highest BCUT2D eigenvalue weighted by atomic mass is 35.5. The lowest BCUT2D eigenvalue weighted by atomic mass is 10.1. The minimum absolute atomic E-state index is 0.0208. The third-order valence-electron chi connectivity index (χ3n) is 1.62. The molecule has 1 atom stereocenters. The van der Waals surface area contributed by atoms with E-state index in [4.69, 9.17) is 22.4 Å².